The van der Waals surface area contributed by atoms with Crippen LogP contribution in [-0.4, -0.2) is 65.9 Å². The second-order valence-corrected chi connectivity index (χ2v) is 8.62. The second-order valence-electron chi connectivity index (χ2n) is 8.62. The van der Waals surface area contributed by atoms with Crippen LogP contribution in [0.4, 0.5) is 92.2 Å². The molecule has 1 aromatic carbocycles. The fourth-order valence-corrected chi connectivity index (χ4v) is 2.94. The minimum Gasteiger partial charge on any atom is -0.244 e. The SMILES string of the molecule is Cc1ccc(CCC(F)(F)C(F)(F)C(F)(F)C(F)(F)C(F)(F)C(F)(F)C(F)(F)C(F)(F)C(F)(F)C(F)(F)CF)cc1. The summed E-state index contributed by atoms with van der Waals surface area (Å²) in [6.45, 7) is -2.69. The molecule has 0 nitrogen and oxygen atoms in total. The summed E-state index contributed by atoms with van der Waals surface area (Å²) in [5.41, 5.74) is 0.0135. The molecule has 0 aliphatic rings. The third kappa shape index (κ3) is 5.05. The lowest BCUT2D eigenvalue weighted by atomic mass is 9.85. The number of halogens is 21. The molecule has 0 aliphatic heterocycles. The van der Waals surface area contributed by atoms with E-state index in [-0.39, 0.29) is 0 Å². The van der Waals surface area contributed by atoms with E-state index < -0.39 is 84.3 Å². The van der Waals surface area contributed by atoms with Crippen molar-refractivity contribution in [3.63, 3.8) is 0 Å². The Morgan fingerprint density at radius 2 is 0.683 bits per heavy atom. The van der Waals surface area contributed by atoms with E-state index in [4.69, 9.17) is 0 Å². The van der Waals surface area contributed by atoms with E-state index in [2.05, 4.69) is 0 Å². The highest BCUT2D eigenvalue weighted by Crippen LogP contribution is 2.66. The lowest BCUT2D eigenvalue weighted by Gasteiger charge is -2.45. The van der Waals surface area contributed by atoms with Crippen molar-refractivity contribution < 1.29 is 92.2 Å². The molecule has 0 aromatic heterocycles. The Bertz CT molecular complexity index is 1050. The monoisotopic (exact) mass is 652 g/mol. The molecule has 0 bridgehead atoms. The Balaban J connectivity index is 3.63. The third-order valence-corrected chi connectivity index (χ3v) is 5.70. The van der Waals surface area contributed by atoms with Crippen molar-refractivity contribution in [1.82, 2.24) is 0 Å². The molecule has 1 rings (SSSR count). The van der Waals surface area contributed by atoms with Gasteiger partial charge in [-0.25, -0.2) is 4.39 Å². The minimum absolute atomic E-state index is 0.397. The zero-order valence-electron chi connectivity index (χ0n) is 19.4. The van der Waals surface area contributed by atoms with Crippen molar-refractivity contribution in [3.05, 3.63) is 35.4 Å². The van der Waals surface area contributed by atoms with Crippen molar-refractivity contribution in [2.24, 2.45) is 0 Å². The molecule has 0 saturated heterocycles. The summed E-state index contributed by atoms with van der Waals surface area (Å²) < 4.78 is 284. The molecule has 240 valence electrons. The highest BCUT2D eigenvalue weighted by molar-refractivity contribution is 5.22. The van der Waals surface area contributed by atoms with Crippen molar-refractivity contribution >= 4 is 0 Å². The van der Waals surface area contributed by atoms with Crippen LogP contribution in [-0.2, 0) is 6.42 Å². The van der Waals surface area contributed by atoms with Gasteiger partial charge in [0.05, 0.1) is 0 Å². The normalized spacial score (nSPS) is 15.9. The first kappa shape index (κ1) is 36.8. The zero-order valence-corrected chi connectivity index (χ0v) is 19.4. The summed E-state index contributed by atoms with van der Waals surface area (Å²) >= 11 is 0. The van der Waals surface area contributed by atoms with Crippen molar-refractivity contribution in [2.75, 3.05) is 6.67 Å². The van der Waals surface area contributed by atoms with Crippen LogP contribution in [0.15, 0.2) is 24.3 Å². The Hall–Kier alpha value is -2.25. The van der Waals surface area contributed by atoms with Gasteiger partial charge in [-0.2, -0.15) is 87.8 Å². The minimum atomic E-state index is -9.11. The summed E-state index contributed by atoms with van der Waals surface area (Å²) in [4.78, 5) is 0. The van der Waals surface area contributed by atoms with Gasteiger partial charge in [-0.15, -0.1) is 0 Å². The Labute approximate surface area is 214 Å². The molecule has 0 N–H and O–H groups in total. The van der Waals surface area contributed by atoms with Crippen LogP contribution in [0.1, 0.15) is 17.5 Å². The molecule has 0 saturated carbocycles. The average Bonchev–Trinajstić information content (AvgIpc) is 2.82. The van der Waals surface area contributed by atoms with Gasteiger partial charge < -0.3 is 0 Å². The number of rotatable bonds is 13. The van der Waals surface area contributed by atoms with Gasteiger partial charge in [0.15, 0.2) is 6.67 Å². The molecule has 0 unspecified atom stereocenters. The lowest BCUT2D eigenvalue weighted by molar-refractivity contribution is -0.469. The molecule has 0 radical (unpaired) electrons. The smallest absolute Gasteiger partial charge is 0.244 e. The third-order valence-electron chi connectivity index (χ3n) is 5.70. The molecule has 0 fully saturated rings. The van der Waals surface area contributed by atoms with Crippen LogP contribution in [0.3, 0.4) is 0 Å². The number of aryl methyl sites for hydroxylation is 2. The van der Waals surface area contributed by atoms with E-state index in [9.17, 15) is 92.2 Å². The highest BCUT2D eigenvalue weighted by Gasteiger charge is 2.97. The summed E-state index contributed by atoms with van der Waals surface area (Å²) in [7, 11) is 0. The molecule has 0 spiro atoms. The molecule has 0 amide bonds. The van der Waals surface area contributed by atoms with Crippen molar-refractivity contribution in [3.8, 4) is 0 Å². The van der Waals surface area contributed by atoms with E-state index >= 15 is 0 Å². The van der Waals surface area contributed by atoms with E-state index in [0.717, 1.165) is 24.3 Å². The molecule has 21 heteroatoms. The van der Waals surface area contributed by atoms with E-state index in [0.29, 0.717) is 5.56 Å². The van der Waals surface area contributed by atoms with Crippen LogP contribution < -0.4 is 0 Å². The average molecular weight is 652 g/mol. The predicted octanol–water partition coefficient (Wildman–Crippen LogP) is 9.25. The van der Waals surface area contributed by atoms with E-state index in [1.807, 2.05) is 0 Å². The first-order valence-electron chi connectivity index (χ1n) is 10.2. The van der Waals surface area contributed by atoms with Crippen LogP contribution in [0.25, 0.3) is 0 Å². The van der Waals surface area contributed by atoms with Crippen LogP contribution in [0, 0.1) is 6.92 Å². The second kappa shape index (κ2) is 10.2. The Morgan fingerprint density at radius 3 is 0.976 bits per heavy atom. The molecule has 1 aromatic rings. The summed E-state index contributed by atoms with van der Waals surface area (Å²) in [6, 6.07) is 4.05. The molecule has 0 heterocycles. The molecule has 41 heavy (non-hydrogen) atoms. The van der Waals surface area contributed by atoms with Crippen molar-refractivity contribution in [2.45, 2.75) is 79.0 Å². The first-order valence-corrected chi connectivity index (χ1v) is 10.2. The van der Waals surface area contributed by atoms with Gasteiger partial charge in [-0.3, -0.25) is 0 Å². The quantitative estimate of drug-likeness (QED) is 0.187. The maximum Gasteiger partial charge on any atom is 0.385 e. The van der Waals surface area contributed by atoms with Crippen LogP contribution in [0.5, 0.6) is 0 Å². The van der Waals surface area contributed by atoms with Gasteiger partial charge in [0.25, 0.3) is 0 Å². The van der Waals surface area contributed by atoms with Crippen LogP contribution >= 0.6 is 0 Å². The molecular weight excluding hydrogens is 639 g/mol. The number of hydrogen-bond donors (Lipinski definition) is 0. The van der Waals surface area contributed by atoms with E-state index in [1.165, 1.54) is 6.92 Å². The summed E-state index contributed by atoms with van der Waals surface area (Å²) in [5, 5.41) is 0. The summed E-state index contributed by atoms with van der Waals surface area (Å²) in [5.74, 6) is -83.1. The molecule has 0 aliphatic carbocycles. The number of benzene rings is 1. The van der Waals surface area contributed by atoms with Gasteiger partial charge in [0.1, 0.15) is 0 Å². The highest BCUT2D eigenvalue weighted by atomic mass is 19.4. The van der Waals surface area contributed by atoms with Gasteiger partial charge in [-0.05, 0) is 18.9 Å². The topological polar surface area (TPSA) is 0 Å². The van der Waals surface area contributed by atoms with Crippen LogP contribution in [0.2, 0.25) is 0 Å². The maximum absolute atomic E-state index is 13.9. The Morgan fingerprint density at radius 1 is 0.415 bits per heavy atom. The predicted molar refractivity (Wildman–Crippen MR) is 94.9 cm³/mol. The number of hydrogen-bond acceptors (Lipinski definition) is 0. The maximum atomic E-state index is 13.9. The summed E-state index contributed by atoms with van der Waals surface area (Å²) in [6.07, 6.45) is -4.05. The first-order chi connectivity index (χ1) is 17.8. The fraction of sp³-hybridized carbons (Fsp3) is 0.700. The lowest BCUT2D eigenvalue weighted by Crippen LogP contribution is -2.77. The van der Waals surface area contributed by atoms with E-state index in [1.54, 1.807) is 0 Å². The van der Waals surface area contributed by atoms with Crippen molar-refractivity contribution in [1.29, 1.82) is 0 Å². The molecule has 0 atom stereocenters. The fourth-order valence-electron chi connectivity index (χ4n) is 2.94. The number of alkyl halides is 21. The van der Waals surface area contributed by atoms with Gasteiger partial charge >= 0.3 is 59.2 Å². The molecular formula is C20H13F21. The van der Waals surface area contributed by atoms with Gasteiger partial charge in [-0.1, -0.05) is 29.8 Å². The van der Waals surface area contributed by atoms with Gasteiger partial charge in [0.2, 0.25) is 0 Å². The largest absolute Gasteiger partial charge is 0.385 e. The standard InChI is InChI=1S/C20H13F21/c1-9-2-4-10(5-3-9)6-7-11(22,23)13(26,27)15(30,31)17(34,35)19(38,39)20(40,41)18(36,37)16(32,33)14(28,29)12(24,25)8-21/h2-5H,6-8H2,1H3. The Kier molecular flexibility index (Phi) is 9.14. The zero-order chi connectivity index (χ0) is 33.1. The van der Waals surface area contributed by atoms with Gasteiger partial charge in [0, 0.05) is 6.42 Å².